The fourth-order valence-electron chi connectivity index (χ4n) is 1.63. The maximum absolute atomic E-state index is 13.1. The zero-order valence-corrected chi connectivity index (χ0v) is 12.9. The van der Waals surface area contributed by atoms with E-state index >= 15 is 0 Å². The van der Waals surface area contributed by atoms with Gasteiger partial charge >= 0.3 is 0 Å². The van der Waals surface area contributed by atoms with Crippen LogP contribution in [0, 0.1) is 5.82 Å². The van der Waals surface area contributed by atoms with E-state index in [2.05, 4.69) is 37.2 Å². The van der Waals surface area contributed by atoms with Crippen molar-refractivity contribution in [3.63, 3.8) is 0 Å². The molecule has 18 heavy (non-hydrogen) atoms. The Balaban J connectivity index is 1.98. The summed E-state index contributed by atoms with van der Waals surface area (Å²) >= 11 is 6.65. The molecule has 0 aliphatic rings. The Hall–Kier alpha value is -0.650. The minimum absolute atomic E-state index is 0.0587. The number of hydrogen-bond donors (Lipinski definition) is 1. The predicted octanol–water partition coefficient (Wildman–Crippen LogP) is 4.79. The van der Waals surface area contributed by atoms with E-state index in [0.29, 0.717) is 11.2 Å². The van der Waals surface area contributed by atoms with Crippen LogP contribution in [-0.2, 0) is 6.54 Å². The Bertz CT molecular complexity index is 522. The lowest BCUT2D eigenvalue weighted by atomic mass is 10.1. The fourth-order valence-corrected chi connectivity index (χ4v) is 2.28. The molecule has 5 heteroatoms. The van der Waals surface area contributed by atoms with Crippen LogP contribution < -0.4 is 5.32 Å². The molecule has 0 saturated heterocycles. The van der Waals surface area contributed by atoms with Crippen LogP contribution in [0.25, 0.3) is 0 Å². The quantitative estimate of drug-likeness (QED) is 0.829. The largest absolute Gasteiger partial charge is 0.452 e. The molecule has 2 rings (SSSR count). The lowest BCUT2D eigenvalue weighted by Gasteiger charge is -2.13. The molecule has 1 heterocycles. The van der Waals surface area contributed by atoms with Crippen LogP contribution in [0.3, 0.4) is 0 Å². The molecule has 1 aromatic heterocycles. The van der Waals surface area contributed by atoms with Crippen LogP contribution in [0.15, 0.2) is 43.9 Å². The van der Waals surface area contributed by atoms with Crippen molar-refractivity contribution in [1.29, 1.82) is 0 Å². The summed E-state index contributed by atoms with van der Waals surface area (Å²) in [7, 11) is 0. The molecule has 0 radical (unpaired) electrons. The van der Waals surface area contributed by atoms with E-state index in [9.17, 15) is 4.39 Å². The van der Waals surface area contributed by atoms with Crippen LogP contribution in [0.5, 0.6) is 0 Å². The highest BCUT2D eigenvalue weighted by Crippen LogP contribution is 2.27. The topological polar surface area (TPSA) is 25.2 Å². The third-order valence-corrected chi connectivity index (χ3v) is 4.34. The van der Waals surface area contributed by atoms with E-state index < -0.39 is 0 Å². The summed E-state index contributed by atoms with van der Waals surface area (Å²) in [5, 5.41) is 3.28. The Morgan fingerprint density at radius 3 is 2.72 bits per heavy atom. The average molecular weight is 377 g/mol. The van der Waals surface area contributed by atoms with E-state index in [0.717, 1.165) is 15.8 Å². The van der Waals surface area contributed by atoms with Gasteiger partial charge in [0, 0.05) is 6.04 Å². The van der Waals surface area contributed by atoms with Gasteiger partial charge in [-0.15, -0.1) is 0 Å². The standard InChI is InChI=1S/C13H12Br2FNO/c1-8(9-3-2-4-10(16)5-9)17-7-11-6-12(14)13(15)18-11/h2-6,8,17H,7H2,1H3/t8-/m0/s1. The highest BCUT2D eigenvalue weighted by molar-refractivity contribution is 9.13. The smallest absolute Gasteiger partial charge is 0.183 e. The lowest BCUT2D eigenvalue weighted by molar-refractivity contribution is 0.445. The van der Waals surface area contributed by atoms with E-state index in [1.165, 1.54) is 12.1 Å². The Kier molecular flexibility index (Phi) is 4.59. The normalized spacial score (nSPS) is 12.7. The molecule has 2 nitrogen and oxygen atoms in total. The van der Waals surface area contributed by atoms with Crippen molar-refractivity contribution in [3.05, 3.63) is 56.6 Å². The molecule has 0 aliphatic carbocycles. The summed E-state index contributed by atoms with van der Waals surface area (Å²) in [6, 6.07) is 8.54. The minimum Gasteiger partial charge on any atom is -0.452 e. The van der Waals surface area contributed by atoms with Crippen molar-refractivity contribution in [2.45, 2.75) is 19.5 Å². The molecule has 0 saturated carbocycles. The molecule has 2 aromatic rings. The summed E-state index contributed by atoms with van der Waals surface area (Å²) in [5.41, 5.74) is 0.916. The highest BCUT2D eigenvalue weighted by Gasteiger charge is 2.09. The Labute approximate surface area is 122 Å². The van der Waals surface area contributed by atoms with Gasteiger partial charge in [-0.25, -0.2) is 4.39 Å². The molecule has 0 unspecified atom stereocenters. The summed E-state index contributed by atoms with van der Waals surface area (Å²) in [5.74, 6) is 0.599. The molecule has 0 fully saturated rings. The van der Waals surface area contributed by atoms with Crippen molar-refractivity contribution in [3.8, 4) is 0 Å². The van der Waals surface area contributed by atoms with E-state index in [-0.39, 0.29) is 11.9 Å². The number of rotatable bonds is 4. The van der Waals surface area contributed by atoms with Crippen LogP contribution in [0.4, 0.5) is 4.39 Å². The number of halogens is 3. The fraction of sp³-hybridized carbons (Fsp3) is 0.231. The molecule has 96 valence electrons. The van der Waals surface area contributed by atoms with Crippen molar-refractivity contribution >= 4 is 31.9 Å². The first kappa shape index (κ1) is 13.8. The summed E-state index contributed by atoms with van der Waals surface area (Å²) in [4.78, 5) is 0. The number of hydrogen-bond acceptors (Lipinski definition) is 2. The van der Waals surface area contributed by atoms with Gasteiger partial charge < -0.3 is 9.73 Å². The predicted molar refractivity (Wildman–Crippen MR) is 75.8 cm³/mol. The first-order chi connectivity index (χ1) is 8.56. The lowest BCUT2D eigenvalue weighted by Crippen LogP contribution is -2.17. The molecule has 0 aliphatic heterocycles. The maximum atomic E-state index is 13.1. The number of furan rings is 1. The van der Waals surface area contributed by atoms with Gasteiger partial charge in [-0.3, -0.25) is 0 Å². The molecule has 0 amide bonds. The van der Waals surface area contributed by atoms with Gasteiger partial charge in [0.15, 0.2) is 4.67 Å². The van der Waals surface area contributed by atoms with Gasteiger partial charge in [-0.05, 0) is 62.5 Å². The van der Waals surface area contributed by atoms with Gasteiger partial charge in [0.25, 0.3) is 0 Å². The van der Waals surface area contributed by atoms with E-state index in [1.807, 2.05) is 19.1 Å². The molecule has 0 spiro atoms. The zero-order chi connectivity index (χ0) is 13.1. The van der Waals surface area contributed by atoms with Crippen LogP contribution in [-0.4, -0.2) is 0 Å². The Morgan fingerprint density at radius 2 is 2.11 bits per heavy atom. The molecule has 1 atom stereocenters. The number of benzene rings is 1. The molecule has 1 aromatic carbocycles. The van der Waals surface area contributed by atoms with Gasteiger partial charge in [0.1, 0.15) is 11.6 Å². The van der Waals surface area contributed by atoms with E-state index in [1.54, 1.807) is 6.07 Å². The maximum Gasteiger partial charge on any atom is 0.183 e. The molecule has 1 N–H and O–H groups in total. The minimum atomic E-state index is -0.218. The van der Waals surface area contributed by atoms with Crippen LogP contribution in [0.1, 0.15) is 24.3 Å². The summed E-state index contributed by atoms with van der Waals surface area (Å²) < 4.78 is 20.1. The second-order valence-corrected chi connectivity index (χ2v) is 5.57. The molecular formula is C13H12Br2FNO. The molecular weight excluding hydrogens is 365 g/mol. The van der Waals surface area contributed by atoms with Gasteiger partial charge in [-0.2, -0.15) is 0 Å². The van der Waals surface area contributed by atoms with Crippen molar-refractivity contribution in [1.82, 2.24) is 5.32 Å². The van der Waals surface area contributed by atoms with E-state index in [4.69, 9.17) is 4.42 Å². The number of nitrogens with one attached hydrogen (secondary N) is 1. The zero-order valence-electron chi connectivity index (χ0n) is 9.71. The third kappa shape index (κ3) is 3.43. The van der Waals surface area contributed by atoms with Gasteiger partial charge in [0.05, 0.1) is 11.0 Å². The first-order valence-corrected chi connectivity index (χ1v) is 7.07. The first-order valence-electron chi connectivity index (χ1n) is 5.49. The van der Waals surface area contributed by atoms with Crippen LogP contribution >= 0.6 is 31.9 Å². The second-order valence-electron chi connectivity index (χ2n) is 3.99. The molecule has 0 bridgehead atoms. The van der Waals surface area contributed by atoms with Gasteiger partial charge in [0.2, 0.25) is 0 Å². The summed E-state index contributed by atoms with van der Waals surface area (Å²) in [6.07, 6.45) is 0. The highest BCUT2D eigenvalue weighted by atomic mass is 79.9. The second kappa shape index (κ2) is 5.99. The van der Waals surface area contributed by atoms with Crippen LogP contribution in [0.2, 0.25) is 0 Å². The van der Waals surface area contributed by atoms with Crippen molar-refractivity contribution in [2.24, 2.45) is 0 Å². The van der Waals surface area contributed by atoms with Gasteiger partial charge in [-0.1, -0.05) is 12.1 Å². The SMILES string of the molecule is C[C@H](NCc1cc(Br)c(Br)o1)c1cccc(F)c1. The van der Waals surface area contributed by atoms with Crippen molar-refractivity contribution < 1.29 is 8.81 Å². The summed E-state index contributed by atoms with van der Waals surface area (Å²) in [6.45, 7) is 2.57. The monoisotopic (exact) mass is 375 g/mol. The third-order valence-electron chi connectivity index (χ3n) is 2.63. The average Bonchev–Trinajstić information content (AvgIpc) is 2.66. The van der Waals surface area contributed by atoms with Crippen molar-refractivity contribution in [2.75, 3.05) is 0 Å². The Morgan fingerprint density at radius 1 is 1.33 bits per heavy atom.